The Morgan fingerprint density at radius 1 is 1.12 bits per heavy atom. The summed E-state index contributed by atoms with van der Waals surface area (Å²) in [6.07, 6.45) is 2.08. The van der Waals surface area contributed by atoms with E-state index in [9.17, 15) is 0 Å². The number of rotatable bonds is 2. The summed E-state index contributed by atoms with van der Waals surface area (Å²) in [7, 11) is 0. The first-order valence-corrected chi connectivity index (χ1v) is 9.67. The van der Waals surface area contributed by atoms with Crippen LogP contribution in [0.5, 0.6) is 0 Å². The predicted octanol–water partition coefficient (Wildman–Crippen LogP) is 4.73. The van der Waals surface area contributed by atoms with E-state index in [0.29, 0.717) is 0 Å². The van der Waals surface area contributed by atoms with E-state index < -0.39 is 0 Å². The van der Waals surface area contributed by atoms with E-state index >= 15 is 0 Å². The molecule has 0 saturated carbocycles. The quantitative estimate of drug-likeness (QED) is 0.619. The molecule has 4 nitrogen and oxygen atoms in total. The lowest BCUT2D eigenvalue weighted by molar-refractivity contribution is -0.00537. The first kappa shape index (κ1) is 16.0. The number of benzene rings is 1. The molecular weight excluding hydrogens is 386 g/mol. The molecule has 1 aliphatic heterocycles. The average molecular weight is 404 g/mol. The topological polar surface area (TPSA) is 38.2 Å². The van der Waals surface area contributed by atoms with Gasteiger partial charge in [-0.05, 0) is 31.5 Å². The maximum Gasteiger partial charge on any atom is 0.141 e. The lowest BCUT2D eigenvalue weighted by Crippen LogP contribution is -2.45. The summed E-state index contributed by atoms with van der Waals surface area (Å²) in [6, 6.07) is 8.40. The molecule has 0 unspecified atom stereocenters. The molecule has 4 rings (SSSR count). The van der Waals surface area contributed by atoms with Crippen molar-refractivity contribution in [1.29, 1.82) is 0 Å². The summed E-state index contributed by atoms with van der Waals surface area (Å²) >= 11 is 5.18. The number of morpholine rings is 1. The Balaban J connectivity index is 1.84. The van der Waals surface area contributed by atoms with Crippen molar-refractivity contribution in [3.63, 3.8) is 0 Å². The lowest BCUT2D eigenvalue weighted by atomic mass is 10.1. The van der Waals surface area contributed by atoms with Gasteiger partial charge in [0, 0.05) is 28.5 Å². The van der Waals surface area contributed by atoms with Gasteiger partial charge >= 0.3 is 0 Å². The highest BCUT2D eigenvalue weighted by atomic mass is 79.9. The zero-order chi connectivity index (χ0) is 16.7. The molecule has 1 saturated heterocycles. The minimum atomic E-state index is 0.202. The number of nitrogens with zero attached hydrogens (tertiary/aromatic N) is 3. The van der Waals surface area contributed by atoms with E-state index in [1.165, 1.54) is 11.1 Å². The van der Waals surface area contributed by atoms with Crippen LogP contribution in [-0.4, -0.2) is 35.3 Å². The number of hydrogen-bond acceptors (Lipinski definition) is 5. The Morgan fingerprint density at radius 3 is 2.54 bits per heavy atom. The van der Waals surface area contributed by atoms with Crippen molar-refractivity contribution >= 4 is 43.3 Å². The summed E-state index contributed by atoms with van der Waals surface area (Å²) in [5.41, 5.74) is 2.39. The molecule has 0 aliphatic carbocycles. The van der Waals surface area contributed by atoms with Crippen LogP contribution < -0.4 is 4.90 Å². The SMILES string of the molecule is C[C@H]1CN(c2ncnc3scc(-c4ccc(Br)cc4)c23)C[C@H](C)O1. The molecule has 1 aromatic carbocycles. The van der Waals surface area contributed by atoms with Gasteiger partial charge in [0.2, 0.25) is 0 Å². The molecule has 0 spiro atoms. The van der Waals surface area contributed by atoms with E-state index in [-0.39, 0.29) is 12.2 Å². The smallest absolute Gasteiger partial charge is 0.141 e. The van der Waals surface area contributed by atoms with Gasteiger partial charge in [-0.2, -0.15) is 0 Å². The molecule has 0 N–H and O–H groups in total. The van der Waals surface area contributed by atoms with Gasteiger partial charge in [-0.25, -0.2) is 9.97 Å². The second-order valence-corrected chi connectivity index (χ2v) is 7.97. The van der Waals surface area contributed by atoms with Crippen LogP contribution in [0.25, 0.3) is 21.3 Å². The Kier molecular flexibility index (Phi) is 4.28. The molecular formula is C18H18BrN3OS. The molecule has 0 bridgehead atoms. The fourth-order valence-electron chi connectivity index (χ4n) is 3.29. The molecule has 24 heavy (non-hydrogen) atoms. The van der Waals surface area contributed by atoms with Crippen molar-refractivity contribution in [2.45, 2.75) is 26.1 Å². The highest BCUT2D eigenvalue weighted by Crippen LogP contribution is 2.38. The molecule has 3 aromatic rings. The Labute approximate surface area is 153 Å². The third-order valence-corrected chi connectivity index (χ3v) is 5.64. The lowest BCUT2D eigenvalue weighted by Gasteiger charge is -2.36. The van der Waals surface area contributed by atoms with E-state index in [4.69, 9.17) is 4.74 Å². The van der Waals surface area contributed by atoms with Crippen LogP contribution in [0.15, 0.2) is 40.4 Å². The molecule has 2 atom stereocenters. The normalized spacial score (nSPS) is 21.4. The Hall–Kier alpha value is -1.50. The van der Waals surface area contributed by atoms with Gasteiger partial charge in [0.05, 0.1) is 17.6 Å². The zero-order valence-corrected chi connectivity index (χ0v) is 16.0. The molecule has 1 fully saturated rings. The highest BCUT2D eigenvalue weighted by molar-refractivity contribution is 9.10. The van der Waals surface area contributed by atoms with Crippen LogP contribution in [0.3, 0.4) is 0 Å². The molecule has 1 aliphatic rings. The van der Waals surface area contributed by atoms with Crippen LogP contribution in [0.2, 0.25) is 0 Å². The van der Waals surface area contributed by atoms with Crippen molar-refractivity contribution in [3.8, 4) is 11.1 Å². The van der Waals surface area contributed by atoms with Gasteiger partial charge in [-0.3, -0.25) is 0 Å². The monoisotopic (exact) mass is 403 g/mol. The zero-order valence-electron chi connectivity index (χ0n) is 13.6. The van der Waals surface area contributed by atoms with Gasteiger partial charge in [-0.15, -0.1) is 11.3 Å². The molecule has 6 heteroatoms. The number of ether oxygens (including phenoxy) is 1. The minimum Gasteiger partial charge on any atom is -0.372 e. The maximum absolute atomic E-state index is 5.87. The molecule has 0 radical (unpaired) electrons. The second-order valence-electron chi connectivity index (χ2n) is 6.20. The first-order chi connectivity index (χ1) is 11.6. The van der Waals surface area contributed by atoms with Crippen molar-refractivity contribution < 1.29 is 4.74 Å². The number of hydrogen-bond donors (Lipinski definition) is 0. The number of thiophene rings is 1. The van der Waals surface area contributed by atoms with E-state index in [0.717, 1.165) is 33.6 Å². The standard InChI is InChI=1S/C18H18BrN3OS/c1-11-7-22(8-12(2)23-11)17-16-15(9-24-18(16)21-10-20-17)13-3-5-14(19)6-4-13/h3-6,9-12H,7-8H2,1-2H3/t11-,12-/m0/s1. The van der Waals surface area contributed by atoms with Gasteiger partial charge in [0.1, 0.15) is 17.0 Å². The van der Waals surface area contributed by atoms with Gasteiger partial charge in [0.25, 0.3) is 0 Å². The number of fused-ring (bicyclic) bond motifs is 1. The predicted molar refractivity (Wildman–Crippen MR) is 103 cm³/mol. The first-order valence-electron chi connectivity index (χ1n) is 8.00. The number of halogens is 1. The van der Waals surface area contributed by atoms with Crippen molar-refractivity contribution in [3.05, 3.63) is 40.4 Å². The fraction of sp³-hybridized carbons (Fsp3) is 0.333. The van der Waals surface area contributed by atoms with Gasteiger partial charge < -0.3 is 9.64 Å². The van der Waals surface area contributed by atoms with Crippen LogP contribution >= 0.6 is 27.3 Å². The minimum absolute atomic E-state index is 0.202. The summed E-state index contributed by atoms with van der Waals surface area (Å²) in [5, 5.41) is 3.32. The third kappa shape index (κ3) is 2.94. The van der Waals surface area contributed by atoms with Crippen LogP contribution in [0.1, 0.15) is 13.8 Å². The summed E-state index contributed by atoms with van der Waals surface area (Å²) in [6.45, 7) is 5.94. The summed E-state index contributed by atoms with van der Waals surface area (Å²) < 4.78 is 6.95. The highest BCUT2D eigenvalue weighted by Gasteiger charge is 2.26. The van der Waals surface area contributed by atoms with Crippen LogP contribution in [0, 0.1) is 0 Å². The Morgan fingerprint density at radius 2 is 1.83 bits per heavy atom. The molecule has 0 amide bonds. The van der Waals surface area contributed by atoms with E-state index in [2.05, 4.69) is 74.3 Å². The largest absolute Gasteiger partial charge is 0.372 e. The van der Waals surface area contributed by atoms with Crippen LogP contribution in [-0.2, 0) is 4.74 Å². The van der Waals surface area contributed by atoms with E-state index in [1.54, 1.807) is 17.7 Å². The molecule has 124 valence electrons. The van der Waals surface area contributed by atoms with Gasteiger partial charge in [0.15, 0.2) is 0 Å². The fourth-order valence-corrected chi connectivity index (χ4v) is 4.47. The van der Waals surface area contributed by atoms with Gasteiger partial charge in [-0.1, -0.05) is 28.1 Å². The summed E-state index contributed by atoms with van der Waals surface area (Å²) in [4.78, 5) is 12.5. The maximum atomic E-state index is 5.87. The molecule has 2 aromatic heterocycles. The van der Waals surface area contributed by atoms with E-state index in [1.807, 2.05) is 0 Å². The number of aromatic nitrogens is 2. The third-order valence-electron chi connectivity index (χ3n) is 4.22. The second kappa shape index (κ2) is 6.43. The Bertz CT molecular complexity index is 854. The number of anilines is 1. The van der Waals surface area contributed by atoms with Crippen molar-refractivity contribution in [2.75, 3.05) is 18.0 Å². The molecule has 3 heterocycles. The van der Waals surface area contributed by atoms with Crippen molar-refractivity contribution in [2.24, 2.45) is 0 Å². The average Bonchev–Trinajstić information content (AvgIpc) is 2.99. The summed E-state index contributed by atoms with van der Waals surface area (Å²) in [5.74, 6) is 1.01. The van der Waals surface area contributed by atoms with Crippen molar-refractivity contribution in [1.82, 2.24) is 9.97 Å². The van der Waals surface area contributed by atoms with Crippen LogP contribution in [0.4, 0.5) is 5.82 Å².